The summed E-state index contributed by atoms with van der Waals surface area (Å²) in [6.07, 6.45) is 15.3. The van der Waals surface area contributed by atoms with E-state index in [0.29, 0.717) is 5.41 Å². The van der Waals surface area contributed by atoms with Crippen LogP contribution >= 0.6 is 0 Å². The highest BCUT2D eigenvalue weighted by molar-refractivity contribution is 5.36. The fourth-order valence-corrected chi connectivity index (χ4v) is 6.50. The summed E-state index contributed by atoms with van der Waals surface area (Å²) in [7, 11) is 0. The van der Waals surface area contributed by atoms with E-state index < -0.39 is 0 Å². The standard InChI is InChI=1S/C20H27N/c1-19-10-3-4-17(19)16-8-7-15-6-5-14(13-21)12-20(15,2)18(16)9-11-19/h5,7,16-18H,3-4,6,8-12H2,1-2H3/t16-,17-,18-,19-,20-/m0/s1. The lowest BCUT2D eigenvalue weighted by atomic mass is 9.48. The fourth-order valence-electron chi connectivity index (χ4n) is 6.50. The van der Waals surface area contributed by atoms with Crippen molar-refractivity contribution < 1.29 is 0 Å². The Labute approximate surface area is 129 Å². The molecule has 0 unspecified atom stereocenters. The van der Waals surface area contributed by atoms with E-state index in [1.54, 1.807) is 5.57 Å². The number of nitrogens with zero attached hydrogens (tertiary/aromatic N) is 1. The molecule has 4 rings (SSSR count). The zero-order valence-electron chi connectivity index (χ0n) is 13.5. The predicted octanol–water partition coefficient (Wildman–Crippen LogP) is 5.40. The van der Waals surface area contributed by atoms with Crippen LogP contribution in [0.3, 0.4) is 0 Å². The number of rotatable bonds is 0. The van der Waals surface area contributed by atoms with Crippen molar-refractivity contribution in [2.75, 3.05) is 0 Å². The van der Waals surface area contributed by atoms with Crippen LogP contribution in [0.5, 0.6) is 0 Å². The van der Waals surface area contributed by atoms with Crippen molar-refractivity contribution >= 4 is 0 Å². The average molecular weight is 281 g/mol. The summed E-state index contributed by atoms with van der Waals surface area (Å²) < 4.78 is 0. The van der Waals surface area contributed by atoms with Gasteiger partial charge in [0.1, 0.15) is 0 Å². The lowest BCUT2D eigenvalue weighted by Crippen LogP contribution is -2.48. The molecule has 0 saturated heterocycles. The first-order chi connectivity index (χ1) is 10.1. The van der Waals surface area contributed by atoms with Gasteiger partial charge in [0.15, 0.2) is 0 Å². The number of fused-ring (bicyclic) bond motifs is 5. The molecule has 1 nitrogen and oxygen atoms in total. The van der Waals surface area contributed by atoms with E-state index in [9.17, 15) is 5.26 Å². The number of allylic oxidation sites excluding steroid dienone is 4. The molecule has 21 heavy (non-hydrogen) atoms. The zero-order chi connectivity index (χ0) is 14.7. The molecule has 1 heteroatoms. The van der Waals surface area contributed by atoms with E-state index in [0.717, 1.165) is 36.2 Å². The normalized spacial score (nSPS) is 48.3. The third-order valence-electron chi connectivity index (χ3n) is 7.68. The van der Waals surface area contributed by atoms with Crippen molar-refractivity contribution in [3.05, 3.63) is 23.3 Å². The summed E-state index contributed by atoms with van der Waals surface area (Å²) in [5.74, 6) is 2.66. The topological polar surface area (TPSA) is 23.8 Å². The van der Waals surface area contributed by atoms with Gasteiger partial charge in [0.25, 0.3) is 0 Å². The minimum atomic E-state index is 0.284. The molecule has 0 aromatic carbocycles. The Balaban J connectivity index is 1.71. The van der Waals surface area contributed by atoms with Crippen LogP contribution in [0.4, 0.5) is 0 Å². The second kappa shape index (κ2) is 4.48. The van der Waals surface area contributed by atoms with Crippen molar-refractivity contribution in [3.8, 4) is 6.07 Å². The zero-order valence-corrected chi connectivity index (χ0v) is 13.5. The fraction of sp³-hybridized carbons (Fsp3) is 0.750. The molecule has 4 aliphatic carbocycles. The Morgan fingerprint density at radius 2 is 2.00 bits per heavy atom. The average Bonchev–Trinajstić information content (AvgIpc) is 2.87. The van der Waals surface area contributed by atoms with Crippen LogP contribution in [0, 0.1) is 39.9 Å². The monoisotopic (exact) mass is 281 g/mol. The summed E-state index contributed by atoms with van der Waals surface area (Å²) in [5, 5.41) is 9.35. The number of hydrogen-bond acceptors (Lipinski definition) is 1. The molecule has 112 valence electrons. The Hall–Kier alpha value is -1.03. The Morgan fingerprint density at radius 3 is 2.81 bits per heavy atom. The van der Waals surface area contributed by atoms with E-state index >= 15 is 0 Å². The minimum absolute atomic E-state index is 0.284. The Morgan fingerprint density at radius 1 is 1.14 bits per heavy atom. The lowest BCUT2D eigenvalue weighted by molar-refractivity contribution is -0.0172. The Bertz CT molecular complexity index is 563. The SMILES string of the molecule is C[C@@]12CCC[C@H]1[C@@H]1CC=C3CC=C(C#N)C[C@]3(C)[C@H]1CC2. The Kier molecular flexibility index (Phi) is 2.91. The largest absolute Gasteiger partial charge is 0.193 e. The van der Waals surface area contributed by atoms with Gasteiger partial charge in [-0.25, -0.2) is 0 Å². The highest BCUT2D eigenvalue weighted by Crippen LogP contribution is 2.64. The third kappa shape index (κ3) is 1.81. The van der Waals surface area contributed by atoms with Gasteiger partial charge in [-0.2, -0.15) is 5.26 Å². The molecule has 2 fully saturated rings. The highest BCUT2D eigenvalue weighted by atomic mass is 14.6. The van der Waals surface area contributed by atoms with Gasteiger partial charge in [-0.3, -0.25) is 0 Å². The highest BCUT2D eigenvalue weighted by Gasteiger charge is 2.55. The molecule has 0 bridgehead atoms. The van der Waals surface area contributed by atoms with Crippen LogP contribution in [0.15, 0.2) is 23.3 Å². The first kappa shape index (κ1) is 13.6. The number of nitriles is 1. The minimum Gasteiger partial charge on any atom is -0.193 e. The van der Waals surface area contributed by atoms with E-state index in [1.165, 1.54) is 38.5 Å². The van der Waals surface area contributed by atoms with Crippen LogP contribution in [-0.4, -0.2) is 0 Å². The van der Waals surface area contributed by atoms with Gasteiger partial charge in [0.05, 0.1) is 6.07 Å². The van der Waals surface area contributed by atoms with Crippen molar-refractivity contribution in [1.82, 2.24) is 0 Å². The first-order valence-electron chi connectivity index (χ1n) is 8.85. The van der Waals surface area contributed by atoms with Crippen LogP contribution in [0.2, 0.25) is 0 Å². The maximum absolute atomic E-state index is 9.35. The second-order valence-electron chi connectivity index (χ2n) is 8.57. The number of hydrogen-bond donors (Lipinski definition) is 0. The van der Waals surface area contributed by atoms with E-state index in [4.69, 9.17) is 0 Å². The maximum Gasteiger partial charge on any atom is 0.0944 e. The summed E-state index contributed by atoms with van der Waals surface area (Å²) in [5.41, 5.74) is 3.59. The summed E-state index contributed by atoms with van der Waals surface area (Å²) in [6, 6.07) is 2.45. The molecule has 0 amide bonds. The maximum atomic E-state index is 9.35. The molecule has 5 atom stereocenters. The molecule has 2 saturated carbocycles. The van der Waals surface area contributed by atoms with Crippen LogP contribution < -0.4 is 0 Å². The van der Waals surface area contributed by atoms with Crippen molar-refractivity contribution in [2.45, 2.75) is 65.2 Å². The summed E-state index contributed by atoms with van der Waals surface area (Å²) in [4.78, 5) is 0. The van der Waals surface area contributed by atoms with Gasteiger partial charge >= 0.3 is 0 Å². The first-order valence-corrected chi connectivity index (χ1v) is 8.85. The molecule has 0 aromatic rings. The van der Waals surface area contributed by atoms with Gasteiger partial charge in [-0.15, -0.1) is 0 Å². The van der Waals surface area contributed by atoms with Crippen molar-refractivity contribution in [3.63, 3.8) is 0 Å². The van der Waals surface area contributed by atoms with Gasteiger partial charge in [-0.1, -0.05) is 38.0 Å². The molecule has 0 N–H and O–H groups in total. The summed E-state index contributed by atoms with van der Waals surface area (Å²) >= 11 is 0. The lowest BCUT2D eigenvalue weighted by Gasteiger charge is -2.56. The molecular formula is C20H27N. The van der Waals surface area contributed by atoms with Gasteiger partial charge < -0.3 is 0 Å². The molecule has 0 radical (unpaired) electrons. The van der Waals surface area contributed by atoms with Crippen molar-refractivity contribution in [2.24, 2.45) is 28.6 Å². The quantitative estimate of drug-likeness (QED) is 0.545. The van der Waals surface area contributed by atoms with Gasteiger partial charge in [0, 0.05) is 5.57 Å². The predicted molar refractivity (Wildman–Crippen MR) is 85.4 cm³/mol. The van der Waals surface area contributed by atoms with Gasteiger partial charge in [-0.05, 0) is 73.5 Å². The van der Waals surface area contributed by atoms with Gasteiger partial charge in [0.2, 0.25) is 0 Å². The van der Waals surface area contributed by atoms with Crippen LogP contribution in [0.25, 0.3) is 0 Å². The third-order valence-corrected chi connectivity index (χ3v) is 7.68. The molecule has 4 aliphatic rings. The molecule has 0 heterocycles. The van der Waals surface area contributed by atoms with E-state index in [1.807, 2.05) is 0 Å². The molecule has 0 aliphatic heterocycles. The smallest absolute Gasteiger partial charge is 0.0944 e. The van der Waals surface area contributed by atoms with E-state index in [-0.39, 0.29) is 5.41 Å². The second-order valence-corrected chi connectivity index (χ2v) is 8.57. The molecule has 0 spiro atoms. The molecular weight excluding hydrogens is 254 g/mol. The van der Waals surface area contributed by atoms with Crippen molar-refractivity contribution in [1.29, 1.82) is 5.26 Å². The van der Waals surface area contributed by atoms with Crippen LogP contribution in [-0.2, 0) is 0 Å². The summed E-state index contributed by atoms with van der Waals surface area (Å²) in [6.45, 7) is 5.03. The van der Waals surface area contributed by atoms with Crippen LogP contribution in [0.1, 0.15) is 65.2 Å². The molecule has 0 aromatic heterocycles. The van der Waals surface area contributed by atoms with E-state index in [2.05, 4.69) is 32.1 Å².